The second kappa shape index (κ2) is 11.6. The molecule has 2 aliphatic heterocycles. The summed E-state index contributed by atoms with van der Waals surface area (Å²) in [5.41, 5.74) is 2.36. The average Bonchev–Trinajstić information content (AvgIpc) is 3.29. The number of nitrogens with zero attached hydrogens (tertiary/aromatic N) is 3. The van der Waals surface area contributed by atoms with Gasteiger partial charge in [-0.05, 0) is 58.1 Å². The highest BCUT2D eigenvalue weighted by molar-refractivity contribution is 7.89. The number of carbonyl (C=O) groups is 2. The molecule has 0 aliphatic carbocycles. The molecule has 2 aromatic rings. The van der Waals surface area contributed by atoms with Crippen molar-refractivity contribution >= 4 is 34.1 Å². The van der Waals surface area contributed by atoms with Crippen LogP contribution in [-0.2, 0) is 24.3 Å². The van der Waals surface area contributed by atoms with E-state index in [9.17, 15) is 18.0 Å². The van der Waals surface area contributed by atoms with Crippen LogP contribution in [0, 0.1) is 25.7 Å². The molecule has 4 rings (SSSR count). The SMILES string of the molecule is CCOC(=O)[C@@H]1CCCN(C(=O)C2CCN(S(=O)(=O)c3c(C)noc3/C=C/c3ccc(C)cc3)CC2)C1. The number of hydrogen-bond donors (Lipinski definition) is 0. The summed E-state index contributed by atoms with van der Waals surface area (Å²) in [4.78, 5) is 27.1. The van der Waals surface area contributed by atoms with Crippen LogP contribution in [0.15, 0.2) is 33.7 Å². The van der Waals surface area contributed by atoms with Crippen molar-refractivity contribution in [2.24, 2.45) is 11.8 Å². The Morgan fingerprint density at radius 2 is 1.76 bits per heavy atom. The minimum absolute atomic E-state index is 0.00563. The first kappa shape index (κ1) is 27.1. The van der Waals surface area contributed by atoms with Gasteiger partial charge in [0, 0.05) is 32.1 Å². The van der Waals surface area contributed by atoms with Gasteiger partial charge in [-0.25, -0.2) is 8.42 Å². The molecule has 1 aromatic carbocycles. The summed E-state index contributed by atoms with van der Waals surface area (Å²) in [6.45, 7) is 7.17. The number of esters is 1. The lowest BCUT2D eigenvalue weighted by Crippen LogP contribution is -2.48. The zero-order valence-electron chi connectivity index (χ0n) is 21.7. The van der Waals surface area contributed by atoms with Gasteiger partial charge < -0.3 is 14.2 Å². The van der Waals surface area contributed by atoms with Crippen LogP contribution in [-0.4, -0.2) is 67.4 Å². The Morgan fingerprint density at radius 1 is 1.05 bits per heavy atom. The Bertz CT molecular complexity index is 1240. The van der Waals surface area contributed by atoms with Crippen molar-refractivity contribution in [3.63, 3.8) is 0 Å². The van der Waals surface area contributed by atoms with E-state index >= 15 is 0 Å². The first-order valence-electron chi connectivity index (χ1n) is 12.9. The number of likely N-dealkylation sites (tertiary alicyclic amines) is 1. The summed E-state index contributed by atoms with van der Waals surface area (Å²) < 4.78 is 39.0. The first-order valence-corrected chi connectivity index (χ1v) is 14.3. The number of amides is 1. The molecule has 2 fully saturated rings. The number of carbonyl (C=O) groups excluding carboxylic acids is 2. The summed E-state index contributed by atoms with van der Waals surface area (Å²) >= 11 is 0. The molecule has 2 saturated heterocycles. The number of rotatable bonds is 7. The molecular formula is C27H35N3O6S. The number of hydrogen-bond acceptors (Lipinski definition) is 7. The van der Waals surface area contributed by atoms with Gasteiger partial charge in [0.1, 0.15) is 5.69 Å². The minimum atomic E-state index is -3.85. The molecular weight excluding hydrogens is 494 g/mol. The van der Waals surface area contributed by atoms with Crippen LogP contribution in [0.1, 0.15) is 55.2 Å². The predicted octanol–water partition coefficient (Wildman–Crippen LogP) is 3.66. The summed E-state index contributed by atoms with van der Waals surface area (Å²) in [5.74, 6) is -0.626. The molecule has 0 bridgehead atoms. The maximum absolute atomic E-state index is 13.5. The molecule has 0 saturated carbocycles. The highest BCUT2D eigenvalue weighted by Gasteiger charge is 2.38. The number of sulfonamides is 1. The fourth-order valence-corrected chi connectivity index (χ4v) is 6.73. The fourth-order valence-electron chi connectivity index (χ4n) is 5.01. The Kier molecular flexibility index (Phi) is 8.49. The van der Waals surface area contributed by atoms with E-state index in [2.05, 4.69) is 5.16 Å². The van der Waals surface area contributed by atoms with Crippen LogP contribution in [0.3, 0.4) is 0 Å². The van der Waals surface area contributed by atoms with Gasteiger partial charge in [-0.1, -0.05) is 41.1 Å². The van der Waals surface area contributed by atoms with Crippen molar-refractivity contribution in [3.05, 3.63) is 46.8 Å². The van der Waals surface area contributed by atoms with Crippen molar-refractivity contribution in [2.75, 3.05) is 32.8 Å². The summed E-state index contributed by atoms with van der Waals surface area (Å²) in [7, 11) is -3.85. The zero-order chi connectivity index (χ0) is 26.6. The Morgan fingerprint density at radius 3 is 2.43 bits per heavy atom. The third-order valence-electron chi connectivity index (χ3n) is 7.09. The fraction of sp³-hybridized carbons (Fsp3) is 0.519. The summed E-state index contributed by atoms with van der Waals surface area (Å²) in [6, 6.07) is 7.86. The quantitative estimate of drug-likeness (QED) is 0.504. The Hall–Kier alpha value is -2.98. The maximum atomic E-state index is 13.5. The van der Waals surface area contributed by atoms with Crippen LogP contribution >= 0.6 is 0 Å². The second-order valence-electron chi connectivity index (χ2n) is 9.76. The largest absolute Gasteiger partial charge is 0.466 e. The van der Waals surface area contributed by atoms with Crippen LogP contribution in [0.5, 0.6) is 0 Å². The Balaban J connectivity index is 1.41. The van der Waals surface area contributed by atoms with Crippen LogP contribution in [0.4, 0.5) is 0 Å². The highest BCUT2D eigenvalue weighted by Crippen LogP contribution is 2.30. The lowest BCUT2D eigenvalue weighted by Gasteiger charge is -2.36. The molecule has 10 heteroatoms. The lowest BCUT2D eigenvalue weighted by molar-refractivity contribution is -0.152. The minimum Gasteiger partial charge on any atom is -0.466 e. The molecule has 200 valence electrons. The van der Waals surface area contributed by atoms with Gasteiger partial charge in [-0.3, -0.25) is 9.59 Å². The third kappa shape index (κ3) is 6.13. The molecule has 2 aliphatic rings. The van der Waals surface area contributed by atoms with E-state index in [0.717, 1.165) is 24.0 Å². The maximum Gasteiger partial charge on any atom is 0.310 e. The smallest absolute Gasteiger partial charge is 0.310 e. The number of ether oxygens (including phenoxy) is 1. The molecule has 0 radical (unpaired) electrons. The van der Waals surface area contributed by atoms with Crippen molar-refractivity contribution < 1.29 is 27.3 Å². The molecule has 0 spiro atoms. The van der Waals surface area contributed by atoms with Gasteiger partial charge in [-0.15, -0.1) is 0 Å². The van der Waals surface area contributed by atoms with E-state index in [0.29, 0.717) is 38.2 Å². The zero-order valence-corrected chi connectivity index (χ0v) is 22.5. The van der Waals surface area contributed by atoms with Crippen molar-refractivity contribution in [1.29, 1.82) is 0 Å². The standard InChI is InChI=1S/C27H35N3O6S/c1-4-35-27(32)23-6-5-15-29(18-23)26(31)22-13-16-30(17-14-22)37(33,34)25-20(3)28-36-24(25)12-11-21-9-7-19(2)8-10-21/h7-12,22-23H,4-6,13-18H2,1-3H3/b12-11+/t23-/m1/s1. The van der Waals surface area contributed by atoms with E-state index in [1.807, 2.05) is 31.2 Å². The van der Waals surface area contributed by atoms with Crippen molar-refractivity contribution in [3.8, 4) is 0 Å². The molecule has 0 N–H and O–H groups in total. The summed E-state index contributed by atoms with van der Waals surface area (Å²) in [6.07, 6.45) is 5.76. The normalized spacial score (nSPS) is 19.9. The molecule has 1 amide bonds. The number of piperidine rings is 2. The second-order valence-corrected chi connectivity index (χ2v) is 11.6. The average molecular weight is 530 g/mol. The third-order valence-corrected chi connectivity index (χ3v) is 9.15. The van der Waals surface area contributed by atoms with Crippen LogP contribution in [0.2, 0.25) is 0 Å². The summed E-state index contributed by atoms with van der Waals surface area (Å²) in [5, 5.41) is 3.91. The van der Waals surface area contributed by atoms with Crippen molar-refractivity contribution in [2.45, 2.75) is 51.3 Å². The lowest BCUT2D eigenvalue weighted by atomic mass is 9.93. The van der Waals surface area contributed by atoms with Gasteiger partial charge in [0.05, 0.1) is 12.5 Å². The Labute approximate surface area is 218 Å². The van der Waals surface area contributed by atoms with Gasteiger partial charge in [0.15, 0.2) is 10.7 Å². The molecule has 37 heavy (non-hydrogen) atoms. The molecule has 0 unspecified atom stereocenters. The first-order chi connectivity index (χ1) is 17.7. The molecule has 1 atom stereocenters. The monoisotopic (exact) mass is 529 g/mol. The highest BCUT2D eigenvalue weighted by atomic mass is 32.2. The van der Waals surface area contributed by atoms with Gasteiger partial charge in [0.25, 0.3) is 0 Å². The van der Waals surface area contributed by atoms with Crippen LogP contribution < -0.4 is 0 Å². The molecule has 3 heterocycles. The predicted molar refractivity (Wildman–Crippen MR) is 139 cm³/mol. The number of aryl methyl sites for hydroxylation is 2. The van der Waals surface area contributed by atoms with E-state index in [4.69, 9.17) is 9.26 Å². The number of aromatic nitrogens is 1. The van der Waals surface area contributed by atoms with Crippen LogP contribution in [0.25, 0.3) is 12.2 Å². The molecule has 9 nitrogen and oxygen atoms in total. The van der Waals surface area contributed by atoms with Gasteiger partial charge in [0.2, 0.25) is 15.9 Å². The van der Waals surface area contributed by atoms with E-state index in [1.54, 1.807) is 30.9 Å². The van der Waals surface area contributed by atoms with Gasteiger partial charge >= 0.3 is 5.97 Å². The topological polar surface area (TPSA) is 110 Å². The van der Waals surface area contributed by atoms with E-state index in [1.165, 1.54) is 4.31 Å². The van der Waals surface area contributed by atoms with E-state index < -0.39 is 10.0 Å². The number of benzene rings is 1. The van der Waals surface area contributed by atoms with E-state index in [-0.39, 0.29) is 47.5 Å². The van der Waals surface area contributed by atoms with Gasteiger partial charge in [-0.2, -0.15) is 4.31 Å². The molecule has 1 aromatic heterocycles. The van der Waals surface area contributed by atoms with Crippen molar-refractivity contribution in [1.82, 2.24) is 14.4 Å².